The molecule has 1 atom stereocenters. The van der Waals surface area contributed by atoms with E-state index in [0.717, 1.165) is 0 Å². The summed E-state index contributed by atoms with van der Waals surface area (Å²) < 4.78 is 14.4. The lowest BCUT2D eigenvalue weighted by molar-refractivity contribution is -0.116. The molecule has 5 heteroatoms. The first-order valence-corrected chi connectivity index (χ1v) is 5.69. The number of aromatic nitrogens is 2. The van der Waals surface area contributed by atoms with Crippen LogP contribution in [0, 0.1) is 5.82 Å². The molecule has 0 aliphatic carbocycles. The van der Waals surface area contributed by atoms with Crippen LogP contribution in [0.2, 0.25) is 0 Å². The molecule has 0 saturated carbocycles. The second-order valence-corrected chi connectivity index (χ2v) is 4.09. The normalized spacial score (nSPS) is 12.1. The van der Waals surface area contributed by atoms with Gasteiger partial charge in [-0.15, -0.1) is 0 Å². The molecule has 1 amide bonds. The third kappa shape index (κ3) is 3.16. The van der Waals surface area contributed by atoms with E-state index in [9.17, 15) is 9.18 Å². The second-order valence-electron chi connectivity index (χ2n) is 4.09. The smallest absolute Gasteiger partial charge is 0.226 e. The van der Waals surface area contributed by atoms with Crippen LogP contribution in [0.1, 0.15) is 19.4 Å². The quantitative estimate of drug-likeness (QED) is 0.902. The van der Waals surface area contributed by atoms with Crippen LogP contribution in [0.3, 0.4) is 0 Å². The van der Waals surface area contributed by atoms with Crippen LogP contribution < -0.4 is 5.32 Å². The van der Waals surface area contributed by atoms with E-state index < -0.39 is 0 Å². The minimum atomic E-state index is -0.321. The molecular weight excluding hydrogens is 233 g/mol. The van der Waals surface area contributed by atoms with E-state index in [-0.39, 0.29) is 17.8 Å². The summed E-state index contributed by atoms with van der Waals surface area (Å²) in [6.45, 7) is 1.91. The van der Waals surface area contributed by atoms with Crippen molar-refractivity contribution in [2.24, 2.45) is 0 Å². The van der Waals surface area contributed by atoms with Gasteiger partial charge in [-0.1, -0.05) is 0 Å². The van der Waals surface area contributed by atoms with Gasteiger partial charge >= 0.3 is 0 Å². The molecular formula is C13H14FN3O. The fraction of sp³-hybridized carbons (Fsp3) is 0.231. The van der Waals surface area contributed by atoms with Crippen molar-refractivity contribution in [3.8, 4) is 0 Å². The summed E-state index contributed by atoms with van der Waals surface area (Å²) in [7, 11) is 0. The third-order valence-corrected chi connectivity index (χ3v) is 2.59. The lowest BCUT2D eigenvalue weighted by Crippen LogP contribution is -2.17. The molecule has 1 aromatic heterocycles. The zero-order chi connectivity index (χ0) is 13.0. The number of nitrogens with zero attached hydrogens (tertiary/aromatic N) is 2. The minimum Gasteiger partial charge on any atom is -0.326 e. The summed E-state index contributed by atoms with van der Waals surface area (Å²) in [5.41, 5.74) is 0.592. The van der Waals surface area contributed by atoms with E-state index in [4.69, 9.17) is 0 Å². The molecule has 4 nitrogen and oxygen atoms in total. The van der Waals surface area contributed by atoms with Crippen molar-refractivity contribution in [2.75, 3.05) is 5.32 Å². The Morgan fingerprint density at radius 2 is 2.17 bits per heavy atom. The predicted molar refractivity (Wildman–Crippen MR) is 66.6 cm³/mol. The average molecular weight is 247 g/mol. The topological polar surface area (TPSA) is 46.9 Å². The maximum absolute atomic E-state index is 12.7. The molecule has 0 unspecified atom stereocenters. The molecule has 0 aliphatic rings. The largest absolute Gasteiger partial charge is 0.326 e. The standard InChI is InChI=1S/C13H14FN3O/c1-10(17-8-2-7-15-17)9-13(18)16-12-5-3-11(14)4-6-12/h2-8,10H,9H2,1H3,(H,16,18)/t10-/m0/s1. The van der Waals surface area contributed by atoms with Crippen LogP contribution in [0.4, 0.5) is 10.1 Å². The van der Waals surface area contributed by atoms with E-state index >= 15 is 0 Å². The molecule has 0 spiro atoms. The Labute approximate surface area is 104 Å². The molecule has 94 valence electrons. The van der Waals surface area contributed by atoms with Crippen LogP contribution in [0.5, 0.6) is 0 Å². The zero-order valence-electron chi connectivity index (χ0n) is 10.0. The first kappa shape index (κ1) is 12.3. The highest BCUT2D eigenvalue weighted by atomic mass is 19.1. The van der Waals surface area contributed by atoms with Gasteiger partial charge in [-0.05, 0) is 37.3 Å². The molecule has 1 aromatic carbocycles. The van der Waals surface area contributed by atoms with Crippen molar-refractivity contribution < 1.29 is 9.18 Å². The fourth-order valence-corrected chi connectivity index (χ4v) is 1.65. The number of carbonyl (C=O) groups is 1. The number of nitrogens with one attached hydrogen (secondary N) is 1. The van der Waals surface area contributed by atoms with Crippen molar-refractivity contribution >= 4 is 11.6 Å². The molecule has 0 radical (unpaired) electrons. The van der Waals surface area contributed by atoms with Crippen LogP contribution in [0.15, 0.2) is 42.7 Å². The molecule has 0 bridgehead atoms. The molecule has 18 heavy (non-hydrogen) atoms. The van der Waals surface area contributed by atoms with Gasteiger partial charge < -0.3 is 5.32 Å². The Bertz CT molecular complexity index is 508. The highest BCUT2D eigenvalue weighted by Gasteiger charge is 2.10. The van der Waals surface area contributed by atoms with Crippen LogP contribution in [0.25, 0.3) is 0 Å². The minimum absolute atomic E-state index is 0.0135. The Morgan fingerprint density at radius 1 is 1.44 bits per heavy atom. The molecule has 1 heterocycles. The van der Waals surface area contributed by atoms with E-state index in [1.165, 1.54) is 24.3 Å². The number of hydrogen-bond acceptors (Lipinski definition) is 2. The second kappa shape index (κ2) is 5.44. The number of amides is 1. The Hall–Kier alpha value is -2.17. The number of halogens is 1. The molecule has 0 saturated heterocycles. The predicted octanol–water partition coefficient (Wildman–Crippen LogP) is 2.61. The van der Waals surface area contributed by atoms with E-state index in [1.807, 2.05) is 19.2 Å². The highest BCUT2D eigenvalue weighted by Crippen LogP contribution is 2.12. The van der Waals surface area contributed by atoms with E-state index in [2.05, 4.69) is 10.4 Å². The third-order valence-electron chi connectivity index (χ3n) is 2.59. The highest BCUT2D eigenvalue weighted by molar-refractivity contribution is 5.90. The van der Waals surface area contributed by atoms with Crippen LogP contribution in [-0.4, -0.2) is 15.7 Å². The van der Waals surface area contributed by atoms with Gasteiger partial charge in [0.15, 0.2) is 0 Å². The van der Waals surface area contributed by atoms with Gasteiger partial charge in [0.25, 0.3) is 0 Å². The summed E-state index contributed by atoms with van der Waals surface area (Å²) >= 11 is 0. The summed E-state index contributed by atoms with van der Waals surface area (Å²) in [6.07, 6.45) is 3.81. The summed E-state index contributed by atoms with van der Waals surface area (Å²) in [5.74, 6) is -0.442. The van der Waals surface area contributed by atoms with Gasteiger partial charge in [0, 0.05) is 24.5 Å². The lowest BCUT2D eigenvalue weighted by atomic mass is 10.2. The Balaban J connectivity index is 1.91. The maximum atomic E-state index is 12.7. The van der Waals surface area contributed by atoms with Crippen LogP contribution >= 0.6 is 0 Å². The van der Waals surface area contributed by atoms with Gasteiger partial charge in [0.1, 0.15) is 5.82 Å². The first-order chi connectivity index (χ1) is 8.65. The number of anilines is 1. The Kier molecular flexibility index (Phi) is 3.72. The van der Waals surface area contributed by atoms with Crippen molar-refractivity contribution in [1.29, 1.82) is 0 Å². The SMILES string of the molecule is C[C@@H](CC(=O)Nc1ccc(F)cc1)n1cccn1. The molecule has 1 N–H and O–H groups in total. The number of hydrogen-bond donors (Lipinski definition) is 1. The number of rotatable bonds is 4. The van der Waals surface area contributed by atoms with Crippen molar-refractivity contribution in [3.05, 3.63) is 48.5 Å². The molecule has 2 rings (SSSR count). The number of benzene rings is 1. The van der Waals surface area contributed by atoms with E-state index in [1.54, 1.807) is 10.9 Å². The average Bonchev–Trinajstić information content (AvgIpc) is 2.85. The first-order valence-electron chi connectivity index (χ1n) is 5.69. The van der Waals surface area contributed by atoms with Gasteiger partial charge in [-0.2, -0.15) is 5.10 Å². The van der Waals surface area contributed by atoms with Gasteiger partial charge in [0.05, 0.1) is 6.04 Å². The number of carbonyl (C=O) groups excluding carboxylic acids is 1. The van der Waals surface area contributed by atoms with Gasteiger partial charge in [-0.3, -0.25) is 9.48 Å². The molecule has 2 aromatic rings. The van der Waals surface area contributed by atoms with Crippen molar-refractivity contribution in [1.82, 2.24) is 9.78 Å². The van der Waals surface area contributed by atoms with E-state index in [0.29, 0.717) is 12.1 Å². The maximum Gasteiger partial charge on any atom is 0.226 e. The fourth-order valence-electron chi connectivity index (χ4n) is 1.65. The Morgan fingerprint density at radius 3 is 2.78 bits per heavy atom. The van der Waals surface area contributed by atoms with Crippen LogP contribution in [-0.2, 0) is 4.79 Å². The van der Waals surface area contributed by atoms with Crippen molar-refractivity contribution in [3.63, 3.8) is 0 Å². The van der Waals surface area contributed by atoms with Gasteiger partial charge in [-0.25, -0.2) is 4.39 Å². The summed E-state index contributed by atoms with van der Waals surface area (Å²) in [6, 6.07) is 7.49. The lowest BCUT2D eigenvalue weighted by Gasteiger charge is -2.12. The zero-order valence-corrected chi connectivity index (χ0v) is 10.0. The van der Waals surface area contributed by atoms with Crippen molar-refractivity contribution in [2.45, 2.75) is 19.4 Å². The molecule has 0 aliphatic heterocycles. The van der Waals surface area contributed by atoms with Gasteiger partial charge in [0.2, 0.25) is 5.91 Å². The monoisotopic (exact) mass is 247 g/mol. The summed E-state index contributed by atoms with van der Waals surface area (Å²) in [5, 5.41) is 6.79. The molecule has 0 fully saturated rings. The summed E-state index contributed by atoms with van der Waals surface area (Å²) in [4.78, 5) is 11.8.